The third-order valence-corrected chi connectivity index (χ3v) is 6.08. The summed E-state index contributed by atoms with van der Waals surface area (Å²) in [5.74, 6) is -51.5. The third kappa shape index (κ3) is 7.69. The first kappa shape index (κ1) is 37.2. The van der Waals surface area contributed by atoms with E-state index in [1.54, 1.807) is 19.0 Å². The van der Waals surface area contributed by atoms with Crippen molar-refractivity contribution in [2.75, 3.05) is 32.9 Å². The molecular weight excluding hydrogens is 609 g/mol. The number of hydrogen-bond donors (Lipinski definition) is 2. The lowest BCUT2D eigenvalue weighted by atomic mass is 9.90. The van der Waals surface area contributed by atoms with E-state index in [2.05, 4.69) is 5.32 Å². The molecular formula is C18H21F15N2O3S. The van der Waals surface area contributed by atoms with Gasteiger partial charge in [0.25, 0.3) is 0 Å². The predicted molar refractivity (Wildman–Crippen MR) is 105 cm³/mol. The zero-order valence-electron chi connectivity index (χ0n) is 19.6. The fourth-order valence-electron chi connectivity index (χ4n) is 2.59. The Labute approximate surface area is 214 Å². The van der Waals surface area contributed by atoms with Crippen LogP contribution in [0.15, 0.2) is 0 Å². The number of halogens is 15. The van der Waals surface area contributed by atoms with Crippen molar-refractivity contribution in [3.8, 4) is 0 Å². The molecule has 0 spiro atoms. The molecule has 0 heterocycles. The van der Waals surface area contributed by atoms with Gasteiger partial charge in [0.15, 0.2) is 0 Å². The largest absolute Gasteiger partial charge is 0.481 e. The van der Waals surface area contributed by atoms with Crippen LogP contribution in [0.25, 0.3) is 0 Å². The lowest BCUT2D eigenvalue weighted by Crippen LogP contribution is -2.72. The van der Waals surface area contributed by atoms with Gasteiger partial charge in [0.05, 0.1) is 11.7 Å². The third-order valence-electron chi connectivity index (χ3n) is 4.86. The SMILES string of the molecule is CN(C)CCCNC(=O)C(CC(=O)O)SCCC(F)(F)C(F)(F)C(F)(F)C(F)(F)C(F)(F)C(F)(F)C(F)(F)F. The summed E-state index contributed by atoms with van der Waals surface area (Å²) in [6, 6.07) is 0. The quantitative estimate of drug-likeness (QED) is 0.177. The number of nitrogens with zero attached hydrogens (tertiary/aromatic N) is 1. The van der Waals surface area contributed by atoms with E-state index in [9.17, 15) is 75.4 Å². The molecule has 0 rings (SSSR count). The highest BCUT2D eigenvalue weighted by Crippen LogP contribution is 2.62. The first-order valence-electron chi connectivity index (χ1n) is 10.2. The van der Waals surface area contributed by atoms with E-state index in [1.165, 1.54) is 0 Å². The molecule has 0 radical (unpaired) electrons. The van der Waals surface area contributed by atoms with Crippen LogP contribution in [-0.4, -0.2) is 102 Å². The van der Waals surface area contributed by atoms with Crippen molar-refractivity contribution in [2.45, 2.75) is 66.2 Å². The Kier molecular flexibility index (Phi) is 11.8. The maximum absolute atomic E-state index is 13.9. The van der Waals surface area contributed by atoms with E-state index in [4.69, 9.17) is 5.11 Å². The molecule has 0 saturated heterocycles. The van der Waals surface area contributed by atoms with Gasteiger partial charge in [-0.2, -0.15) is 65.9 Å². The van der Waals surface area contributed by atoms with Crippen LogP contribution in [0.2, 0.25) is 0 Å². The number of carboxylic acids is 1. The first-order valence-corrected chi connectivity index (χ1v) is 11.3. The van der Waals surface area contributed by atoms with Crippen LogP contribution in [0.5, 0.6) is 0 Å². The van der Waals surface area contributed by atoms with Crippen LogP contribution >= 0.6 is 11.8 Å². The summed E-state index contributed by atoms with van der Waals surface area (Å²) in [5.41, 5.74) is 0. The minimum absolute atomic E-state index is 0.0972. The van der Waals surface area contributed by atoms with Gasteiger partial charge in [-0.3, -0.25) is 9.59 Å². The van der Waals surface area contributed by atoms with E-state index in [-0.39, 0.29) is 24.7 Å². The number of aliphatic carboxylic acids is 1. The number of rotatable bonds is 16. The van der Waals surface area contributed by atoms with Gasteiger partial charge < -0.3 is 15.3 Å². The monoisotopic (exact) mass is 630 g/mol. The van der Waals surface area contributed by atoms with Crippen LogP contribution in [0, 0.1) is 0 Å². The van der Waals surface area contributed by atoms with Crippen LogP contribution < -0.4 is 5.32 Å². The molecule has 1 atom stereocenters. The minimum atomic E-state index is -8.38. The second-order valence-electron chi connectivity index (χ2n) is 8.23. The average Bonchev–Trinajstić information content (AvgIpc) is 2.73. The maximum atomic E-state index is 13.9. The number of nitrogens with one attached hydrogen (secondary N) is 1. The molecule has 1 amide bonds. The molecule has 0 aromatic heterocycles. The molecule has 2 N–H and O–H groups in total. The summed E-state index contributed by atoms with van der Waals surface area (Å²) in [7, 11) is 3.28. The molecule has 0 aromatic carbocycles. The van der Waals surface area contributed by atoms with Gasteiger partial charge in [-0.1, -0.05) is 0 Å². The highest BCUT2D eigenvalue weighted by Gasteiger charge is 2.93. The number of carbonyl (C=O) groups excluding carboxylic acids is 1. The Morgan fingerprint density at radius 2 is 1.21 bits per heavy atom. The summed E-state index contributed by atoms with van der Waals surface area (Å²) in [6.07, 6.45) is -11.2. The smallest absolute Gasteiger partial charge is 0.460 e. The van der Waals surface area contributed by atoms with Gasteiger partial charge in [0.1, 0.15) is 0 Å². The molecule has 0 aliphatic heterocycles. The zero-order chi connectivity index (χ0) is 31.5. The zero-order valence-corrected chi connectivity index (χ0v) is 20.4. The predicted octanol–water partition coefficient (Wildman–Crippen LogP) is 5.40. The summed E-state index contributed by atoms with van der Waals surface area (Å²) in [4.78, 5) is 24.6. The van der Waals surface area contributed by atoms with Gasteiger partial charge in [-0.25, -0.2) is 0 Å². The normalized spacial score (nSPS) is 15.4. The van der Waals surface area contributed by atoms with Crippen molar-refractivity contribution < 1.29 is 80.6 Å². The molecule has 232 valence electrons. The Hall–Kier alpha value is -1.80. The summed E-state index contributed by atoms with van der Waals surface area (Å²) in [5, 5.41) is 9.12. The first-order chi connectivity index (χ1) is 17.1. The van der Waals surface area contributed by atoms with Crippen LogP contribution in [-0.2, 0) is 9.59 Å². The van der Waals surface area contributed by atoms with Crippen LogP contribution in [0.3, 0.4) is 0 Å². The summed E-state index contributed by atoms with van der Waals surface area (Å²) >= 11 is -0.169. The van der Waals surface area contributed by atoms with Crippen molar-refractivity contribution >= 4 is 23.6 Å². The van der Waals surface area contributed by atoms with Crippen molar-refractivity contribution in [2.24, 2.45) is 0 Å². The maximum Gasteiger partial charge on any atom is 0.460 e. The van der Waals surface area contributed by atoms with Crippen molar-refractivity contribution in [3.05, 3.63) is 0 Å². The molecule has 0 fully saturated rings. The highest BCUT2D eigenvalue weighted by atomic mass is 32.2. The number of amides is 1. The lowest BCUT2D eigenvalue weighted by Gasteiger charge is -2.41. The van der Waals surface area contributed by atoms with Gasteiger partial charge in [0, 0.05) is 18.7 Å². The van der Waals surface area contributed by atoms with Gasteiger partial charge in [0.2, 0.25) is 5.91 Å². The number of carboxylic acid groups (broad SMARTS) is 1. The van der Waals surface area contributed by atoms with E-state index >= 15 is 0 Å². The molecule has 1 unspecified atom stereocenters. The number of carbonyl (C=O) groups is 2. The second-order valence-corrected chi connectivity index (χ2v) is 9.54. The Balaban J connectivity index is 5.83. The molecule has 5 nitrogen and oxygen atoms in total. The Bertz CT molecular complexity index is 850. The average molecular weight is 630 g/mol. The Morgan fingerprint density at radius 1 is 0.769 bits per heavy atom. The van der Waals surface area contributed by atoms with Crippen LogP contribution in [0.4, 0.5) is 65.9 Å². The Morgan fingerprint density at radius 3 is 1.62 bits per heavy atom. The standard InChI is InChI=1S/C18H21F15N2O3S/c1-35(2)6-3-5-34-11(38)9(8-10(36)37)39-7-4-12(19,20)13(21,22)14(23,24)15(25,26)16(27,28)17(29,30)18(31,32)33/h9H,3-8H2,1-2H3,(H,34,38)(H,36,37). The highest BCUT2D eigenvalue weighted by molar-refractivity contribution is 8.00. The van der Waals surface area contributed by atoms with E-state index in [0.717, 1.165) is 0 Å². The van der Waals surface area contributed by atoms with Crippen LogP contribution in [0.1, 0.15) is 19.3 Å². The molecule has 0 aromatic rings. The minimum Gasteiger partial charge on any atom is -0.481 e. The van der Waals surface area contributed by atoms with E-state index in [0.29, 0.717) is 6.54 Å². The molecule has 0 saturated carbocycles. The topological polar surface area (TPSA) is 69.6 Å². The van der Waals surface area contributed by atoms with E-state index < -0.39 is 77.4 Å². The summed E-state index contributed by atoms with van der Waals surface area (Å²) < 4.78 is 198. The van der Waals surface area contributed by atoms with Gasteiger partial charge in [-0.05, 0) is 27.1 Å². The van der Waals surface area contributed by atoms with Crippen molar-refractivity contribution in [1.82, 2.24) is 10.2 Å². The molecule has 0 aliphatic carbocycles. The number of alkyl halides is 15. The van der Waals surface area contributed by atoms with Gasteiger partial charge in [-0.15, -0.1) is 11.8 Å². The molecule has 0 bridgehead atoms. The number of hydrogen-bond acceptors (Lipinski definition) is 4. The lowest BCUT2D eigenvalue weighted by molar-refractivity contribution is -0.452. The van der Waals surface area contributed by atoms with Gasteiger partial charge >= 0.3 is 47.7 Å². The van der Waals surface area contributed by atoms with E-state index in [1.807, 2.05) is 0 Å². The number of thioether (sulfide) groups is 1. The molecule has 21 heteroatoms. The summed E-state index contributed by atoms with van der Waals surface area (Å²) in [6.45, 7) is 0.311. The fraction of sp³-hybridized carbons (Fsp3) is 0.889. The molecule has 39 heavy (non-hydrogen) atoms. The fourth-order valence-corrected chi connectivity index (χ4v) is 3.75. The van der Waals surface area contributed by atoms with Crippen molar-refractivity contribution in [1.29, 1.82) is 0 Å². The second kappa shape index (κ2) is 12.4. The van der Waals surface area contributed by atoms with Crippen molar-refractivity contribution in [3.63, 3.8) is 0 Å². The molecule has 0 aliphatic rings.